The predicted molar refractivity (Wildman–Crippen MR) is 112 cm³/mol. The summed E-state index contributed by atoms with van der Waals surface area (Å²) in [6.45, 7) is 7.01. The molecule has 1 aromatic carbocycles. The van der Waals surface area contributed by atoms with Gasteiger partial charge in [0.2, 0.25) is 0 Å². The van der Waals surface area contributed by atoms with Crippen LogP contribution in [0.5, 0.6) is 0 Å². The van der Waals surface area contributed by atoms with Crippen molar-refractivity contribution in [3.8, 4) is 0 Å². The molecule has 0 bridgehead atoms. The molecule has 10 nitrogen and oxygen atoms in total. The summed E-state index contributed by atoms with van der Waals surface area (Å²) in [4.78, 5) is 24.5. The van der Waals surface area contributed by atoms with Crippen molar-refractivity contribution in [1.82, 2.24) is 15.6 Å². The van der Waals surface area contributed by atoms with E-state index in [4.69, 9.17) is 23.6 Å². The molecule has 31 heavy (non-hydrogen) atoms. The van der Waals surface area contributed by atoms with E-state index in [1.165, 1.54) is 0 Å². The highest BCUT2D eigenvalue weighted by molar-refractivity contribution is 9.09. The van der Waals surface area contributed by atoms with Crippen molar-refractivity contribution >= 4 is 39.3 Å². The van der Waals surface area contributed by atoms with Gasteiger partial charge in [0.15, 0.2) is 0 Å². The van der Waals surface area contributed by atoms with E-state index in [2.05, 4.69) is 31.6 Å². The van der Waals surface area contributed by atoms with Crippen molar-refractivity contribution in [1.29, 1.82) is 0 Å². The number of halogens is 1. The number of carbonyl (C=O) groups is 2. The number of nitrogens with zero attached hydrogens (tertiary/aromatic N) is 2. The minimum absolute atomic E-state index is 0.130. The number of alkyl halides is 1. The molecule has 0 saturated carbocycles. The summed E-state index contributed by atoms with van der Waals surface area (Å²) in [5, 5.41) is 11.4. The van der Waals surface area contributed by atoms with Crippen molar-refractivity contribution in [2.45, 2.75) is 39.7 Å². The number of dihydropyridines is 1. The van der Waals surface area contributed by atoms with Gasteiger partial charge in [-0.15, -0.1) is 0 Å². The van der Waals surface area contributed by atoms with Crippen LogP contribution in [0.15, 0.2) is 45.7 Å². The molecule has 0 aliphatic carbocycles. The Balaban J connectivity index is 2.07. The molecular formula is C20H22BrN3O7. The second kappa shape index (κ2) is 9.82. The van der Waals surface area contributed by atoms with Crippen LogP contribution in [0.2, 0.25) is 0 Å². The molecule has 0 fully saturated rings. The Morgan fingerprint density at radius 3 is 2.45 bits per heavy atom. The molecular weight excluding hydrogens is 474 g/mol. The first-order chi connectivity index (χ1) is 14.8. The van der Waals surface area contributed by atoms with Gasteiger partial charge in [-0.3, -0.25) is 0 Å². The third kappa shape index (κ3) is 5.16. The van der Waals surface area contributed by atoms with Gasteiger partial charge in [0.05, 0.1) is 17.5 Å². The Morgan fingerprint density at radius 1 is 1.13 bits per heavy atom. The number of nitrogens with one attached hydrogen (secondary N) is 1. The van der Waals surface area contributed by atoms with E-state index in [0.29, 0.717) is 33.3 Å². The number of aromatic nitrogens is 2. The van der Waals surface area contributed by atoms with E-state index in [1.54, 1.807) is 45.9 Å². The number of benzene rings is 1. The minimum Gasteiger partial charge on any atom is -0.433 e. The van der Waals surface area contributed by atoms with Crippen molar-refractivity contribution in [3.63, 3.8) is 0 Å². The Kier molecular flexibility index (Phi) is 7.16. The highest BCUT2D eigenvalue weighted by atomic mass is 79.9. The van der Waals surface area contributed by atoms with Gasteiger partial charge in [-0.2, -0.15) is 0 Å². The summed E-state index contributed by atoms with van der Waals surface area (Å²) < 4.78 is 26.1. The Labute approximate surface area is 186 Å². The van der Waals surface area contributed by atoms with Gasteiger partial charge < -0.3 is 24.3 Å². The van der Waals surface area contributed by atoms with Crippen molar-refractivity contribution in [2.24, 2.45) is 0 Å². The van der Waals surface area contributed by atoms with Crippen molar-refractivity contribution in [3.05, 3.63) is 46.7 Å². The molecule has 0 spiro atoms. The Bertz CT molecular complexity index is 1040. The summed E-state index contributed by atoms with van der Waals surface area (Å²) in [6.07, 6.45) is -2.16. The number of fused-ring (bicyclic) bond motifs is 1. The number of carbonyl (C=O) groups excluding carboxylic acids is 2. The van der Waals surface area contributed by atoms with Gasteiger partial charge in [0.25, 0.3) is 0 Å². The molecule has 1 aliphatic heterocycles. The molecule has 1 aromatic heterocycles. The third-order valence-electron chi connectivity index (χ3n) is 4.28. The maximum absolute atomic E-state index is 12.3. The summed E-state index contributed by atoms with van der Waals surface area (Å²) in [5.41, 5.74) is 2.57. The Hall–Kier alpha value is -3.08. The van der Waals surface area contributed by atoms with Crippen molar-refractivity contribution in [2.75, 3.05) is 11.9 Å². The number of rotatable bonds is 6. The third-order valence-corrected chi connectivity index (χ3v) is 4.61. The molecule has 0 amide bonds. The highest BCUT2D eigenvalue weighted by Crippen LogP contribution is 2.41. The predicted octanol–water partition coefficient (Wildman–Crippen LogP) is 4.48. The van der Waals surface area contributed by atoms with E-state index >= 15 is 0 Å². The first kappa shape index (κ1) is 22.6. The van der Waals surface area contributed by atoms with Crippen LogP contribution < -0.4 is 5.32 Å². The lowest BCUT2D eigenvalue weighted by Gasteiger charge is -2.30. The minimum atomic E-state index is -0.894. The number of hydrogen-bond donors (Lipinski definition) is 1. The second-order valence-electron chi connectivity index (χ2n) is 6.92. The maximum atomic E-state index is 12.3. The van der Waals surface area contributed by atoms with Crippen LogP contribution in [0, 0.1) is 0 Å². The summed E-state index contributed by atoms with van der Waals surface area (Å²) >= 11 is 3.19. The summed E-state index contributed by atoms with van der Waals surface area (Å²) in [5.74, 6) is -0.434. The quantitative estimate of drug-likeness (QED) is 0.452. The zero-order valence-corrected chi connectivity index (χ0v) is 19.0. The Morgan fingerprint density at radius 2 is 1.81 bits per heavy atom. The molecule has 1 N–H and O–H groups in total. The smallest absolute Gasteiger partial charge is 0.433 e. The first-order valence-corrected chi connectivity index (χ1v) is 10.6. The molecule has 0 radical (unpaired) electrons. The molecule has 11 heteroatoms. The number of hydrogen-bond acceptors (Lipinski definition) is 10. The fourth-order valence-electron chi connectivity index (χ4n) is 3.12. The topological polar surface area (TPSA) is 122 Å². The lowest BCUT2D eigenvalue weighted by molar-refractivity contribution is 0.0460. The average molecular weight is 496 g/mol. The van der Waals surface area contributed by atoms with E-state index in [-0.39, 0.29) is 24.2 Å². The van der Waals surface area contributed by atoms with Crippen LogP contribution in [-0.4, -0.2) is 40.7 Å². The number of ether oxygens (including phenoxy) is 4. The molecule has 2 aromatic rings. The van der Waals surface area contributed by atoms with Gasteiger partial charge in [-0.1, -0.05) is 28.1 Å². The molecule has 1 unspecified atom stereocenters. The fraction of sp³-hybridized carbons (Fsp3) is 0.400. The zero-order valence-electron chi connectivity index (χ0n) is 17.4. The van der Waals surface area contributed by atoms with Crippen molar-refractivity contribution < 1.29 is 33.2 Å². The molecule has 2 heterocycles. The summed E-state index contributed by atoms with van der Waals surface area (Å²) in [6, 6.07) is 5.23. The lowest BCUT2D eigenvalue weighted by Crippen LogP contribution is -2.29. The van der Waals surface area contributed by atoms with Crippen LogP contribution in [0.3, 0.4) is 0 Å². The average Bonchev–Trinajstić information content (AvgIpc) is 3.18. The monoisotopic (exact) mass is 495 g/mol. The standard InChI is InChI=1S/C20H22BrN3O7/c1-10(2)28-20(26)30-18-12(4)22-11(3)17(29-19(25)27-9-8-21)15(18)13-6-5-7-14-16(13)24-31-23-14/h5-7,10,15,22H,8-9H2,1-4H3. The second-order valence-corrected chi connectivity index (χ2v) is 7.72. The van der Waals surface area contributed by atoms with E-state index < -0.39 is 18.2 Å². The van der Waals surface area contributed by atoms with Gasteiger partial charge in [0, 0.05) is 10.9 Å². The van der Waals surface area contributed by atoms with Crippen LogP contribution in [0.1, 0.15) is 39.2 Å². The summed E-state index contributed by atoms with van der Waals surface area (Å²) in [7, 11) is 0. The zero-order chi connectivity index (χ0) is 22.5. The van der Waals surface area contributed by atoms with Crippen LogP contribution >= 0.6 is 15.9 Å². The number of allylic oxidation sites excluding steroid dienone is 2. The lowest BCUT2D eigenvalue weighted by atomic mass is 9.89. The van der Waals surface area contributed by atoms with Gasteiger partial charge >= 0.3 is 12.3 Å². The largest absolute Gasteiger partial charge is 0.513 e. The molecule has 166 valence electrons. The van der Waals surface area contributed by atoms with Crippen LogP contribution in [0.4, 0.5) is 9.59 Å². The van der Waals surface area contributed by atoms with Gasteiger partial charge in [-0.25, -0.2) is 14.2 Å². The molecule has 1 aliphatic rings. The van der Waals surface area contributed by atoms with E-state index in [1.807, 2.05) is 0 Å². The van der Waals surface area contributed by atoms with E-state index in [0.717, 1.165) is 0 Å². The molecule has 1 atom stereocenters. The normalized spacial score (nSPS) is 16.4. The van der Waals surface area contributed by atoms with E-state index in [9.17, 15) is 9.59 Å². The molecule has 3 rings (SSSR count). The van der Waals surface area contributed by atoms with Crippen LogP contribution in [0.25, 0.3) is 11.0 Å². The fourth-order valence-corrected chi connectivity index (χ4v) is 3.28. The maximum Gasteiger partial charge on any atom is 0.513 e. The first-order valence-electron chi connectivity index (χ1n) is 9.50. The van der Waals surface area contributed by atoms with Crippen LogP contribution in [-0.2, 0) is 18.9 Å². The highest BCUT2D eigenvalue weighted by Gasteiger charge is 2.37. The van der Waals surface area contributed by atoms with Gasteiger partial charge in [-0.05, 0) is 44.1 Å². The van der Waals surface area contributed by atoms with Gasteiger partial charge in [0.1, 0.15) is 35.1 Å². The molecule has 0 saturated heterocycles. The SMILES string of the molecule is CC1=C(OC(=O)OCCBr)C(c2cccc3nonc23)C(OC(=O)OC(C)C)=C(C)N1.